The summed E-state index contributed by atoms with van der Waals surface area (Å²) in [5.74, 6) is 0.305. The van der Waals surface area contributed by atoms with Crippen molar-refractivity contribution < 1.29 is 14.0 Å². The van der Waals surface area contributed by atoms with E-state index in [2.05, 4.69) is 15.0 Å². The summed E-state index contributed by atoms with van der Waals surface area (Å²) >= 11 is 1.29. The molecule has 4 aromatic rings. The van der Waals surface area contributed by atoms with Crippen molar-refractivity contribution in [3.8, 4) is 0 Å². The molecule has 0 fully saturated rings. The largest absolute Gasteiger partial charge is 0.469 e. The van der Waals surface area contributed by atoms with Crippen LogP contribution < -0.4 is 10.6 Å². The monoisotopic (exact) mass is 405 g/mol. The number of amides is 2. The first kappa shape index (κ1) is 18.9. The minimum atomic E-state index is -0.300. The highest BCUT2D eigenvalue weighted by Gasteiger charge is 2.16. The minimum Gasteiger partial charge on any atom is -0.469 e. The van der Waals surface area contributed by atoms with Crippen LogP contribution in [-0.4, -0.2) is 22.2 Å². The summed E-state index contributed by atoms with van der Waals surface area (Å²) in [4.78, 5) is 25.2. The topological polar surface area (TPSA) is 84.2 Å². The average molecular weight is 405 g/mol. The van der Waals surface area contributed by atoms with Crippen molar-refractivity contribution in [2.24, 2.45) is 0 Å². The molecule has 4 rings (SSSR count). The van der Waals surface area contributed by atoms with E-state index in [1.54, 1.807) is 30.5 Å². The van der Waals surface area contributed by atoms with Gasteiger partial charge < -0.3 is 15.1 Å². The Balaban J connectivity index is 1.44. The molecule has 6 nitrogen and oxygen atoms in total. The Morgan fingerprint density at radius 3 is 2.76 bits per heavy atom. The Morgan fingerprint density at radius 2 is 1.93 bits per heavy atom. The van der Waals surface area contributed by atoms with Gasteiger partial charge in [-0.2, -0.15) is 4.37 Å². The lowest BCUT2D eigenvalue weighted by atomic mass is 10.1. The predicted molar refractivity (Wildman–Crippen MR) is 113 cm³/mol. The van der Waals surface area contributed by atoms with E-state index < -0.39 is 0 Å². The van der Waals surface area contributed by atoms with E-state index in [9.17, 15) is 9.59 Å². The van der Waals surface area contributed by atoms with Gasteiger partial charge in [0, 0.05) is 29.1 Å². The zero-order chi connectivity index (χ0) is 20.2. The van der Waals surface area contributed by atoms with Crippen LogP contribution in [-0.2, 0) is 6.42 Å². The number of carbonyl (C=O) groups excluding carboxylic acids is 2. The van der Waals surface area contributed by atoms with Crippen molar-refractivity contribution >= 4 is 39.1 Å². The number of rotatable bonds is 6. The second kappa shape index (κ2) is 8.28. The Morgan fingerprint density at radius 1 is 1.07 bits per heavy atom. The molecule has 0 aliphatic carbocycles. The number of fused-ring (bicyclic) bond motifs is 1. The first-order valence-corrected chi connectivity index (χ1v) is 9.96. The normalized spacial score (nSPS) is 11.9. The molecule has 2 N–H and O–H groups in total. The lowest BCUT2D eigenvalue weighted by molar-refractivity contribution is 0.0938. The van der Waals surface area contributed by atoms with Crippen molar-refractivity contribution in [3.05, 3.63) is 83.9 Å². The Bertz CT molecular complexity index is 1150. The number of benzene rings is 2. The maximum atomic E-state index is 12.6. The van der Waals surface area contributed by atoms with Crippen LogP contribution in [0.25, 0.3) is 10.1 Å². The number of furan rings is 1. The van der Waals surface area contributed by atoms with Gasteiger partial charge in [-0.25, -0.2) is 0 Å². The summed E-state index contributed by atoms with van der Waals surface area (Å²) in [5, 5.41) is 6.59. The van der Waals surface area contributed by atoms with Crippen LogP contribution in [0.5, 0.6) is 0 Å². The van der Waals surface area contributed by atoms with E-state index in [4.69, 9.17) is 4.42 Å². The summed E-state index contributed by atoms with van der Waals surface area (Å²) in [7, 11) is 0. The third kappa shape index (κ3) is 4.35. The van der Waals surface area contributed by atoms with Crippen LogP contribution >= 0.6 is 11.5 Å². The smallest absolute Gasteiger partial charge is 0.276 e. The molecule has 0 spiro atoms. The fourth-order valence-corrected chi connectivity index (χ4v) is 3.84. The average Bonchev–Trinajstić information content (AvgIpc) is 3.37. The highest BCUT2D eigenvalue weighted by atomic mass is 32.1. The van der Waals surface area contributed by atoms with Crippen LogP contribution in [0.2, 0.25) is 0 Å². The molecule has 0 bridgehead atoms. The second-order valence-corrected chi connectivity index (χ2v) is 7.53. The van der Waals surface area contributed by atoms with E-state index in [1.807, 2.05) is 43.3 Å². The Labute approximate surface area is 171 Å². The van der Waals surface area contributed by atoms with Crippen LogP contribution in [0.15, 0.2) is 71.3 Å². The third-order valence-corrected chi connectivity index (χ3v) is 5.27. The van der Waals surface area contributed by atoms with Crippen molar-refractivity contribution in [1.29, 1.82) is 0 Å². The number of anilines is 1. The summed E-state index contributed by atoms with van der Waals surface area (Å²) in [6.45, 7) is 1.92. The molecule has 0 radical (unpaired) electrons. The summed E-state index contributed by atoms with van der Waals surface area (Å²) in [5.41, 5.74) is 1.39. The van der Waals surface area contributed by atoms with Gasteiger partial charge >= 0.3 is 0 Å². The van der Waals surface area contributed by atoms with Crippen LogP contribution in [0.1, 0.15) is 33.5 Å². The van der Waals surface area contributed by atoms with Gasteiger partial charge in [-0.15, -0.1) is 0 Å². The van der Waals surface area contributed by atoms with Crippen molar-refractivity contribution in [2.75, 3.05) is 5.32 Å². The fraction of sp³-hybridized carbons (Fsp3) is 0.136. The SMILES string of the molecule is C[C@@H](Cc1ccco1)NC(=O)c1cccc(NC(=O)c2nsc3ccccc23)c1. The molecule has 0 saturated carbocycles. The molecule has 0 saturated heterocycles. The maximum absolute atomic E-state index is 12.6. The molecule has 2 heterocycles. The number of hydrogen-bond donors (Lipinski definition) is 2. The van der Waals surface area contributed by atoms with Gasteiger partial charge in [-0.05, 0) is 54.9 Å². The molecule has 29 heavy (non-hydrogen) atoms. The zero-order valence-corrected chi connectivity index (χ0v) is 16.5. The van der Waals surface area contributed by atoms with E-state index >= 15 is 0 Å². The molecule has 0 aliphatic rings. The van der Waals surface area contributed by atoms with E-state index in [0.29, 0.717) is 23.4 Å². The lowest BCUT2D eigenvalue weighted by Gasteiger charge is -2.13. The molecule has 146 valence electrons. The summed E-state index contributed by atoms with van der Waals surface area (Å²) < 4.78 is 10.5. The highest BCUT2D eigenvalue weighted by Crippen LogP contribution is 2.23. The number of hydrogen-bond acceptors (Lipinski definition) is 5. The third-order valence-electron chi connectivity index (χ3n) is 4.44. The Kier molecular flexibility index (Phi) is 5.39. The summed E-state index contributed by atoms with van der Waals surface area (Å²) in [6.07, 6.45) is 2.22. The molecule has 0 aliphatic heterocycles. The fourth-order valence-electron chi connectivity index (χ4n) is 3.07. The van der Waals surface area contributed by atoms with Crippen molar-refractivity contribution in [2.45, 2.75) is 19.4 Å². The molecule has 2 aromatic heterocycles. The number of carbonyl (C=O) groups is 2. The molecule has 0 unspecified atom stereocenters. The molecule has 2 aromatic carbocycles. The first-order valence-electron chi connectivity index (χ1n) is 9.19. The van der Waals surface area contributed by atoms with E-state index in [1.165, 1.54) is 11.5 Å². The van der Waals surface area contributed by atoms with Crippen LogP contribution in [0.4, 0.5) is 5.69 Å². The van der Waals surface area contributed by atoms with E-state index in [-0.39, 0.29) is 17.9 Å². The zero-order valence-electron chi connectivity index (χ0n) is 15.7. The number of nitrogens with one attached hydrogen (secondary N) is 2. The lowest BCUT2D eigenvalue weighted by Crippen LogP contribution is -2.34. The molecular weight excluding hydrogens is 386 g/mol. The molecule has 7 heteroatoms. The number of nitrogens with zero attached hydrogens (tertiary/aromatic N) is 1. The quantitative estimate of drug-likeness (QED) is 0.495. The maximum Gasteiger partial charge on any atom is 0.276 e. The van der Waals surface area contributed by atoms with Gasteiger partial charge in [-0.3, -0.25) is 9.59 Å². The summed E-state index contributed by atoms with van der Waals surface area (Å²) in [6, 6.07) is 18.0. The minimum absolute atomic E-state index is 0.0896. The molecule has 1 atom stereocenters. The molecular formula is C22H19N3O3S. The van der Waals surface area contributed by atoms with Gasteiger partial charge in [0.1, 0.15) is 11.5 Å². The van der Waals surface area contributed by atoms with Crippen LogP contribution in [0, 0.1) is 0 Å². The van der Waals surface area contributed by atoms with Gasteiger partial charge in [0.25, 0.3) is 11.8 Å². The van der Waals surface area contributed by atoms with Gasteiger partial charge in [-0.1, -0.05) is 24.3 Å². The predicted octanol–water partition coefficient (Wildman–Crippen LogP) is 4.50. The van der Waals surface area contributed by atoms with Crippen molar-refractivity contribution in [1.82, 2.24) is 9.69 Å². The number of aromatic nitrogens is 1. The first-order chi connectivity index (χ1) is 14.1. The highest BCUT2D eigenvalue weighted by molar-refractivity contribution is 7.13. The van der Waals surface area contributed by atoms with E-state index in [0.717, 1.165) is 15.8 Å². The van der Waals surface area contributed by atoms with Crippen molar-refractivity contribution in [3.63, 3.8) is 0 Å². The van der Waals surface area contributed by atoms with Crippen LogP contribution in [0.3, 0.4) is 0 Å². The molecule has 2 amide bonds. The second-order valence-electron chi connectivity index (χ2n) is 6.72. The van der Waals surface area contributed by atoms with Gasteiger partial charge in [0.2, 0.25) is 0 Å². The van der Waals surface area contributed by atoms with Gasteiger partial charge in [0.05, 0.1) is 11.0 Å². The Hall–Kier alpha value is -3.45. The van der Waals surface area contributed by atoms with Gasteiger partial charge in [0.15, 0.2) is 0 Å². The standard InChI is InChI=1S/C22H19N3O3S/c1-14(12-17-8-5-11-28-17)23-21(26)15-6-4-7-16(13-15)24-22(27)20-18-9-2-3-10-19(18)29-25-20/h2-11,13-14H,12H2,1H3,(H,23,26)(H,24,27)/t14-/m0/s1.